The fourth-order valence-corrected chi connectivity index (χ4v) is 3.36. The standard InChI is InChI=1S/C24H31ClN2O4/c1-4-6-13-26-24(29)22(5-2)27(16-18-9-7-11-20(14-18)30-3)23(28)17-31-21-12-8-10-19(25)15-21/h7-12,14-15,22H,4-6,13,16-17H2,1-3H3,(H,26,29)/t22-/m0/s1. The zero-order valence-corrected chi connectivity index (χ0v) is 19.2. The van der Waals surface area contributed by atoms with Gasteiger partial charge in [-0.05, 0) is 48.7 Å². The van der Waals surface area contributed by atoms with Crippen LogP contribution >= 0.6 is 11.6 Å². The third kappa shape index (κ3) is 7.79. The lowest BCUT2D eigenvalue weighted by Gasteiger charge is -2.30. The van der Waals surface area contributed by atoms with Gasteiger partial charge < -0.3 is 19.7 Å². The predicted molar refractivity (Wildman–Crippen MR) is 122 cm³/mol. The van der Waals surface area contributed by atoms with Crippen LogP contribution in [0.3, 0.4) is 0 Å². The molecule has 0 saturated carbocycles. The van der Waals surface area contributed by atoms with Crippen molar-refractivity contribution in [2.24, 2.45) is 0 Å². The minimum absolute atomic E-state index is 0.157. The van der Waals surface area contributed by atoms with Crippen LogP contribution < -0.4 is 14.8 Å². The van der Waals surface area contributed by atoms with Crippen molar-refractivity contribution >= 4 is 23.4 Å². The van der Waals surface area contributed by atoms with Crippen LogP contribution in [-0.4, -0.2) is 43.0 Å². The van der Waals surface area contributed by atoms with E-state index in [-0.39, 0.29) is 25.0 Å². The fourth-order valence-electron chi connectivity index (χ4n) is 3.18. The lowest BCUT2D eigenvalue weighted by atomic mass is 10.1. The van der Waals surface area contributed by atoms with Gasteiger partial charge in [-0.2, -0.15) is 0 Å². The molecule has 0 fully saturated rings. The Morgan fingerprint density at radius 2 is 1.84 bits per heavy atom. The molecule has 2 aromatic carbocycles. The van der Waals surface area contributed by atoms with Gasteiger partial charge in [-0.15, -0.1) is 0 Å². The first-order valence-electron chi connectivity index (χ1n) is 10.6. The second-order valence-corrected chi connectivity index (χ2v) is 7.62. The van der Waals surface area contributed by atoms with Crippen molar-refractivity contribution in [3.05, 3.63) is 59.1 Å². The molecule has 0 unspecified atom stereocenters. The van der Waals surface area contributed by atoms with E-state index >= 15 is 0 Å². The van der Waals surface area contributed by atoms with Gasteiger partial charge in [0, 0.05) is 18.1 Å². The number of amides is 2. The van der Waals surface area contributed by atoms with Gasteiger partial charge in [0.15, 0.2) is 6.61 Å². The zero-order chi connectivity index (χ0) is 22.6. The number of carbonyl (C=O) groups is 2. The molecule has 0 aliphatic rings. The van der Waals surface area contributed by atoms with E-state index in [0.29, 0.717) is 29.5 Å². The zero-order valence-electron chi connectivity index (χ0n) is 18.4. The summed E-state index contributed by atoms with van der Waals surface area (Å²) in [5.74, 6) is 0.762. The van der Waals surface area contributed by atoms with Crippen molar-refractivity contribution in [2.75, 3.05) is 20.3 Å². The molecule has 168 valence electrons. The van der Waals surface area contributed by atoms with E-state index in [1.165, 1.54) is 0 Å². The van der Waals surface area contributed by atoms with Crippen LogP contribution in [0, 0.1) is 0 Å². The van der Waals surface area contributed by atoms with E-state index in [1.807, 2.05) is 31.2 Å². The second kappa shape index (κ2) is 12.8. The minimum atomic E-state index is -0.599. The number of halogens is 1. The first-order chi connectivity index (χ1) is 15.0. The van der Waals surface area contributed by atoms with Gasteiger partial charge >= 0.3 is 0 Å². The van der Waals surface area contributed by atoms with E-state index in [2.05, 4.69) is 12.2 Å². The van der Waals surface area contributed by atoms with E-state index in [0.717, 1.165) is 18.4 Å². The summed E-state index contributed by atoms with van der Waals surface area (Å²) in [7, 11) is 1.59. The van der Waals surface area contributed by atoms with Crippen molar-refractivity contribution in [3.8, 4) is 11.5 Å². The number of carbonyl (C=O) groups excluding carboxylic acids is 2. The number of nitrogens with one attached hydrogen (secondary N) is 1. The number of ether oxygens (including phenoxy) is 2. The molecule has 0 aromatic heterocycles. The number of benzene rings is 2. The van der Waals surface area contributed by atoms with Crippen molar-refractivity contribution in [1.29, 1.82) is 0 Å². The summed E-state index contributed by atoms with van der Waals surface area (Å²) in [5, 5.41) is 3.47. The topological polar surface area (TPSA) is 67.9 Å². The SMILES string of the molecule is CCCCNC(=O)[C@H](CC)N(Cc1cccc(OC)c1)C(=O)COc1cccc(Cl)c1. The minimum Gasteiger partial charge on any atom is -0.497 e. The summed E-state index contributed by atoms with van der Waals surface area (Å²) in [4.78, 5) is 27.6. The Morgan fingerprint density at radius 3 is 2.52 bits per heavy atom. The molecule has 0 saturated heterocycles. The van der Waals surface area contributed by atoms with Gasteiger partial charge in [0.1, 0.15) is 17.5 Å². The average Bonchev–Trinajstić information content (AvgIpc) is 2.77. The van der Waals surface area contributed by atoms with Gasteiger partial charge in [0.25, 0.3) is 5.91 Å². The Balaban J connectivity index is 2.19. The first kappa shape index (κ1) is 24.5. The highest BCUT2D eigenvalue weighted by Crippen LogP contribution is 2.19. The molecular weight excluding hydrogens is 416 g/mol. The molecule has 6 nitrogen and oxygen atoms in total. The number of hydrogen-bond acceptors (Lipinski definition) is 4. The van der Waals surface area contributed by atoms with Crippen molar-refractivity contribution < 1.29 is 19.1 Å². The maximum absolute atomic E-state index is 13.2. The molecule has 2 amide bonds. The molecular formula is C24H31ClN2O4. The maximum atomic E-state index is 13.2. The third-order valence-electron chi connectivity index (χ3n) is 4.86. The van der Waals surface area contributed by atoms with Crippen LogP contribution in [0.15, 0.2) is 48.5 Å². The van der Waals surface area contributed by atoms with Crippen LogP contribution in [0.25, 0.3) is 0 Å². The summed E-state index contributed by atoms with van der Waals surface area (Å²) < 4.78 is 10.9. The summed E-state index contributed by atoms with van der Waals surface area (Å²) in [6.07, 6.45) is 2.37. The smallest absolute Gasteiger partial charge is 0.261 e. The van der Waals surface area contributed by atoms with Crippen LogP contribution in [0.2, 0.25) is 5.02 Å². The maximum Gasteiger partial charge on any atom is 0.261 e. The molecule has 31 heavy (non-hydrogen) atoms. The van der Waals surface area contributed by atoms with Crippen molar-refractivity contribution in [1.82, 2.24) is 10.2 Å². The molecule has 0 radical (unpaired) electrons. The van der Waals surface area contributed by atoms with E-state index in [1.54, 1.807) is 36.3 Å². The van der Waals surface area contributed by atoms with Gasteiger partial charge in [-0.3, -0.25) is 9.59 Å². The lowest BCUT2D eigenvalue weighted by molar-refractivity contribution is -0.143. The second-order valence-electron chi connectivity index (χ2n) is 7.19. The molecule has 2 rings (SSSR count). The number of nitrogens with zero attached hydrogens (tertiary/aromatic N) is 1. The predicted octanol–water partition coefficient (Wildman–Crippen LogP) is 4.45. The Bertz CT molecular complexity index is 859. The van der Waals surface area contributed by atoms with E-state index in [4.69, 9.17) is 21.1 Å². The number of rotatable bonds is 12. The Hall–Kier alpha value is -2.73. The third-order valence-corrected chi connectivity index (χ3v) is 5.10. The van der Waals surface area contributed by atoms with Crippen molar-refractivity contribution in [3.63, 3.8) is 0 Å². The van der Waals surface area contributed by atoms with Gasteiger partial charge in [0.05, 0.1) is 7.11 Å². The van der Waals surface area contributed by atoms with Crippen LogP contribution in [0.4, 0.5) is 0 Å². The number of methoxy groups -OCH3 is 1. The molecule has 7 heteroatoms. The number of hydrogen-bond donors (Lipinski definition) is 1. The Morgan fingerprint density at radius 1 is 1.10 bits per heavy atom. The molecule has 0 bridgehead atoms. The largest absolute Gasteiger partial charge is 0.497 e. The quantitative estimate of drug-likeness (QED) is 0.489. The van der Waals surface area contributed by atoms with Gasteiger partial charge in [-0.1, -0.05) is 50.1 Å². The number of unbranched alkanes of at least 4 members (excludes halogenated alkanes) is 1. The molecule has 0 aliphatic carbocycles. The first-order valence-corrected chi connectivity index (χ1v) is 10.9. The summed E-state index contributed by atoms with van der Waals surface area (Å²) in [5.41, 5.74) is 0.871. The summed E-state index contributed by atoms with van der Waals surface area (Å²) in [6, 6.07) is 13.7. The Kier molecular flexibility index (Phi) is 10.2. The normalized spacial score (nSPS) is 11.5. The average molecular weight is 447 g/mol. The molecule has 2 aromatic rings. The highest BCUT2D eigenvalue weighted by Gasteiger charge is 2.28. The molecule has 0 heterocycles. The summed E-state index contributed by atoms with van der Waals surface area (Å²) in [6.45, 7) is 4.63. The molecule has 0 spiro atoms. The Labute approximate surface area is 189 Å². The van der Waals surface area contributed by atoms with Crippen LogP contribution in [0.5, 0.6) is 11.5 Å². The summed E-state index contributed by atoms with van der Waals surface area (Å²) >= 11 is 5.99. The van der Waals surface area contributed by atoms with Crippen LogP contribution in [0.1, 0.15) is 38.7 Å². The molecule has 1 N–H and O–H groups in total. The highest BCUT2D eigenvalue weighted by molar-refractivity contribution is 6.30. The van der Waals surface area contributed by atoms with E-state index in [9.17, 15) is 9.59 Å². The van der Waals surface area contributed by atoms with Gasteiger partial charge in [0.2, 0.25) is 5.91 Å². The monoisotopic (exact) mass is 446 g/mol. The van der Waals surface area contributed by atoms with Gasteiger partial charge in [-0.25, -0.2) is 0 Å². The lowest BCUT2D eigenvalue weighted by Crippen LogP contribution is -2.50. The molecule has 0 aliphatic heterocycles. The fraction of sp³-hybridized carbons (Fsp3) is 0.417. The molecule has 1 atom stereocenters. The highest BCUT2D eigenvalue weighted by atomic mass is 35.5. The van der Waals surface area contributed by atoms with Crippen LogP contribution in [-0.2, 0) is 16.1 Å². The van der Waals surface area contributed by atoms with E-state index < -0.39 is 6.04 Å². The van der Waals surface area contributed by atoms with Crippen molar-refractivity contribution in [2.45, 2.75) is 45.7 Å².